The van der Waals surface area contributed by atoms with Crippen molar-refractivity contribution in [3.8, 4) is 0 Å². The molecule has 2 nitrogen and oxygen atoms in total. The van der Waals surface area contributed by atoms with Crippen molar-refractivity contribution in [1.29, 1.82) is 0 Å². The highest BCUT2D eigenvalue weighted by molar-refractivity contribution is 5.49. The molecule has 6 atom stereocenters. The maximum atomic E-state index is 11.0. The summed E-state index contributed by atoms with van der Waals surface area (Å²) >= 11 is 0. The number of hydrogen-bond acceptors (Lipinski definition) is 1. The monoisotopic (exact) mass is 249 g/mol. The molecule has 3 aliphatic carbocycles. The van der Waals surface area contributed by atoms with Gasteiger partial charge in [0.1, 0.15) is 0 Å². The highest BCUT2D eigenvalue weighted by Gasteiger charge is 2.64. The van der Waals surface area contributed by atoms with E-state index in [1.54, 1.807) is 0 Å². The minimum absolute atomic E-state index is 0.0644. The third-order valence-electron chi connectivity index (χ3n) is 6.78. The Morgan fingerprint density at radius 2 is 1.94 bits per heavy atom. The summed E-state index contributed by atoms with van der Waals surface area (Å²) in [5, 5.41) is 3.22. The number of nitrogens with one attached hydrogen (secondary N) is 1. The summed E-state index contributed by atoms with van der Waals surface area (Å²) in [6.07, 6.45) is 6.34. The minimum Gasteiger partial charge on any atom is -0.353 e. The number of carbonyl (C=O) groups excluding carboxylic acids is 1. The van der Waals surface area contributed by atoms with E-state index in [2.05, 4.69) is 33.0 Å². The lowest BCUT2D eigenvalue weighted by molar-refractivity contribution is -0.112. The van der Waals surface area contributed by atoms with Crippen molar-refractivity contribution in [3.63, 3.8) is 0 Å². The Morgan fingerprint density at radius 1 is 1.22 bits per heavy atom. The van der Waals surface area contributed by atoms with Crippen LogP contribution in [-0.4, -0.2) is 11.9 Å². The summed E-state index contributed by atoms with van der Waals surface area (Å²) in [7, 11) is 0. The van der Waals surface area contributed by atoms with Gasteiger partial charge < -0.3 is 5.32 Å². The molecule has 0 heterocycles. The smallest absolute Gasteiger partial charge is 0.207 e. The third-order valence-corrected chi connectivity index (χ3v) is 6.78. The Labute approximate surface area is 111 Å². The van der Waals surface area contributed by atoms with E-state index in [0.29, 0.717) is 17.3 Å². The Hall–Kier alpha value is -0.530. The van der Waals surface area contributed by atoms with E-state index < -0.39 is 0 Å². The first-order valence-corrected chi connectivity index (χ1v) is 7.62. The van der Waals surface area contributed by atoms with E-state index in [9.17, 15) is 4.79 Å². The fourth-order valence-electron chi connectivity index (χ4n) is 6.01. The molecule has 0 spiro atoms. The van der Waals surface area contributed by atoms with Gasteiger partial charge in [-0.15, -0.1) is 0 Å². The first kappa shape index (κ1) is 12.5. The molecule has 102 valence electrons. The van der Waals surface area contributed by atoms with Crippen LogP contribution in [0.4, 0.5) is 0 Å². The molecule has 0 aromatic rings. The third kappa shape index (κ3) is 1.44. The van der Waals surface area contributed by atoms with Crippen LogP contribution in [-0.2, 0) is 4.79 Å². The molecule has 3 bridgehead atoms. The second-order valence-electron chi connectivity index (χ2n) is 8.00. The molecule has 0 saturated heterocycles. The number of amides is 1. The van der Waals surface area contributed by atoms with Crippen LogP contribution in [0.5, 0.6) is 0 Å². The SMILES string of the molecule is CC(C)[C@@H]1C[C@@H]2C(C)(NC=O)[C@H]3C[C@@H]1C[C@]2(C)C3. The van der Waals surface area contributed by atoms with Gasteiger partial charge in [-0.25, -0.2) is 0 Å². The molecule has 3 rings (SSSR count). The summed E-state index contributed by atoms with van der Waals surface area (Å²) in [6, 6.07) is 0. The van der Waals surface area contributed by atoms with Gasteiger partial charge in [0.05, 0.1) is 0 Å². The Balaban J connectivity index is 1.98. The second-order valence-corrected chi connectivity index (χ2v) is 8.00. The van der Waals surface area contributed by atoms with Crippen molar-refractivity contribution in [2.45, 2.75) is 58.9 Å². The maximum absolute atomic E-state index is 11.0. The summed E-state index contributed by atoms with van der Waals surface area (Å²) < 4.78 is 0. The lowest BCUT2D eigenvalue weighted by Crippen LogP contribution is -2.51. The standard InChI is InChI=1S/C16H27NO/c1-10(2)13-6-14-15(3)7-11(13)5-12(8-15)16(14,4)17-9-18/h9-14H,5-8H2,1-4H3,(H,17,18)/t11-,12+,13+,14+,15-,16?/m1/s1. The predicted molar refractivity (Wildman–Crippen MR) is 73.0 cm³/mol. The summed E-state index contributed by atoms with van der Waals surface area (Å²) in [5.41, 5.74) is 0.554. The molecule has 1 amide bonds. The van der Waals surface area contributed by atoms with E-state index in [1.165, 1.54) is 25.7 Å². The second kappa shape index (κ2) is 3.74. The molecule has 0 radical (unpaired) electrons. The summed E-state index contributed by atoms with van der Waals surface area (Å²) in [4.78, 5) is 11.0. The molecule has 0 aromatic heterocycles. The van der Waals surface area contributed by atoms with Crippen molar-refractivity contribution in [2.75, 3.05) is 0 Å². The van der Waals surface area contributed by atoms with Crippen molar-refractivity contribution < 1.29 is 4.79 Å². The van der Waals surface area contributed by atoms with Crippen molar-refractivity contribution in [2.24, 2.45) is 35.0 Å². The molecule has 0 aromatic carbocycles. The number of rotatable bonds is 3. The molecule has 1 N–H and O–H groups in total. The van der Waals surface area contributed by atoms with Gasteiger partial charge in [0.2, 0.25) is 6.41 Å². The van der Waals surface area contributed by atoms with Crippen LogP contribution in [0, 0.1) is 35.0 Å². The molecule has 3 saturated carbocycles. The molecule has 2 heteroatoms. The fraction of sp³-hybridized carbons (Fsp3) is 0.938. The van der Waals surface area contributed by atoms with Crippen molar-refractivity contribution >= 4 is 6.41 Å². The highest BCUT2D eigenvalue weighted by Crippen LogP contribution is 2.68. The van der Waals surface area contributed by atoms with Crippen LogP contribution in [0.15, 0.2) is 0 Å². The van der Waals surface area contributed by atoms with E-state index in [1.807, 2.05) is 0 Å². The average molecular weight is 249 g/mol. The van der Waals surface area contributed by atoms with E-state index in [0.717, 1.165) is 24.2 Å². The Bertz CT molecular complexity index is 366. The Morgan fingerprint density at radius 3 is 2.56 bits per heavy atom. The zero-order valence-electron chi connectivity index (χ0n) is 12.2. The van der Waals surface area contributed by atoms with Gasteiger partial charge in [0, 0.05) is 5.54 Å². The predicted octanol–water partition coefficient (Wildman–Crippen LogP) is 3.22. The van der Waals surface area contributed by atoms with Gasteiger partial charge in [0.25, 0.3) is 0 Å². The molecule has 3 aliphatic rings. The largest absolute Gasteiger partial charge is 0.353 e. The van der Waals surface area contributed by atoms with Crippen LogP contribution in [0.25, 0.3) is 0 Å². The molecule has 1 unspecified atom stereocenters. The van der Waals surface area contributed by atoms with Gasteiger partial charge in [-0.05, 0) is 67.6 Å². The van der Waals surface area contributed by atoms with Crippen LogP contribution < -0.4 is 5.32 Å². The minimum atomic E-state index is 0.0644. The molecular formula is C16H27NO. The van der Waals surface area contributed by atoms with E-state index >= 15 is 0 Å². The molecule has 18 heavy (non-hydrogen) atoms. The van der Waals surface area contributed by atoms with Gasteiger partial charge in [-0.1, -0.05) is 20.8 Å². The van der Waals surface area contributed by atoms with Crippen molar-refractivity contribution in [3.05, 3.63) is 0 Å². The van der Waals surface area contributed by atoms with Gasteiger partial charge >= 0.3 is 0 Å². The normalized spacial score (nSPS) is 53.8. The first-order chi connectivity index (χ1) is 8.40. The van der Waals surface area contributed by atoms with E-state index in [4.69, 9.17) is 0 Å². The maximum Gasteiger partial charge on any atom is 0.207 e. The van der Waals surface area contributed by atoms with E-state index in [-0.39, 0.29) is 5.54 Å². The van der Waals surface area contributed by atoms with Crippen LogP contribution in [0.3, 0.4) is 0 Å². The Kier molecular flexibility index (Phi) is 2.60. The van der Waals surface area contributed by atoms with Crippen LogP contribution >= 0.6 is 0 Å². The average Bonchev–Trinajstić information content (AvgIpc) is 2.36. The summed E-state index contributed by atoms with van der Waals surface area (Å²) in [5.74, 6) is 3.97. The van der Waals surface area contributed by atoms with Crippen LogP contribution in [0.1, 0.15) is 53.4 Å². The number of carbonyl (C=O) groups is 1. The zero-order chi connectivity index (χ0) is 13.1. The summed E-state index contributed by atoms with van der Waals surface area (Å²) in [6.45, 7) is 9.55. The topological polar surface area (TPSA) is 29.1 Å². The lowest BCUT2D eigenvalue weighted by Gasteiger charge is -2.49. The first-order valence-electron chi connectivity index (χ1n) is 7.62. The zero-order valence-corrected chi connectivity index (χ0v) is 12.2. The van der Waals surface area contributed by atoms with Crippen LogP contribution in [0.2, 0.25) is 0 Å². The fourth-order valence-corrected chi connectivity index (χ4v) is 6.01. The molecule has 3 fully saturated rings. The van der Waals surface area contributed by atoms with Gasteiger partial charge in [-0.3, -0.25) is 4.79 Å². The van der Waals surface area contributed by atoms with Gasteiger partial charge in [0.15, 0.2) is 0 Å². The quantitative estimate of drug-likeness (QED) is 0.765. The molecule has 0 aliphatic heterocycles. The number of fused-ring (bicyclic) bond motifs is 2. The highest BCUT2D eigenvalue weighted by atomic mass is 16.1. The number of hydrogen-bond donors (Lipinski definition) is 1. The molecular weight excluding hydrogens is 222 g/mol. The lowest BCUT2D eigenvalue weighted by atomic mass is 9.56. The van der Waals surface area contributed by atoms with Crippen molar-refractivity contribution in [1.82, 2.24) is 5.32 Å². The van der Waals surface area contributed by atoms with Gasteiger partial charge in [-0.2, -0.15) is 0 Å².